The molecule has 0 aliphatic carbocycles. The van der Waals surface area contributed by atoms with Crippen molar-refractivity contribution >= 4 is 35.3 Å². The first-order valence-corrected chi connectivity index (χ1v) is 7.85. The Morgan fingerprint density at radius 2 is 1.71 bits per heavy atom. The van der Waals surface area contributed by atoms with Gasteiger partial charge in [0.05, 0.1) is 5.69 Å². The lowest BCUT2D eigenvalue weighted by Crippen LogP contribution is -2.22. The van der Waals surface area contributed by atoms with Gasteiger partial charge >= 0.3 is 0 Å². The summed E-state index contributed by atoms with van der Waals surface area (Å²) in [7, 11) is 1.76. The van der Waals surface area contributed by atoms with Crippen molar-refractivity contribution in [3.8, 4) is 0 Å². The molecule has 0 fully saturated rings. The van der Waals surface area contributed by atoms with Gasteiger partial charge in [-0.05, 0) is 48.2 Å². The van der Waals surface area contributed by atoms with Gasteiger partial charge in [-0.3, -0.25) is 9.79 Å². The highest BCUT2D eigenvalue weighted by atomic mass is 32.2. The SMILES string of the molecule is CSc1ccc(C=Nc2ccc(N(C)C(C)=O)cc2)cc1. The number of amides is 1. The first-order valence-electron chi connectivity index (χ1n) is 6.62. The second-order valence-electron chi connectivity index (χ2n) is 4.63. The maximum atomic E-state index is 11.3. The molecule has 108 valence electrons. The van der Waals surface area contributed by atoms with Crippen molar-refractivity contribution in [3.05, 3.63) is 54.1 Å². The number of anilines is 1. The zero-order chi connectivity index (χ0) is 15.2. The molecule has 2 aromatic rings. The number of hydrogen-bond donors (Lipinski definition) is 0. The van der Waals surface area contributed by atoms with E-state index in [-0.39, 0.29) is 5.91 Å². The van der Waals surface area contributed by atoms with Gasteiger partial charge in [0, 0.05) is 30.8 Å². The fraction of sp³-hybridized carbons (Fsp3) is 0.176. The molecule has 0 heterocycles. The number of benzene rings is 2. The lowest BCUT2D eigenvalue weighted by atomic mass is 10.2. The molecule has 1 amide bonds. The molecule has 0 atom stereocenters. The lowest BCUT2D eigenvalue weighted by molar-refractivity contribution is -0.116. The third kappa shape index (κ3) is 4.20. The van der Waals surface area contributed by atoms with E-state index in [2.05, 4.69) is 23.4 Å². The number of aliphatic imine (C=N–C) groups is 1. The number of rotatable bonds is 4. The molecule has 0 unspecified atom stereocenters. The summed E-state index contributed by atoms with van der Waals surface area (Å²) in [4.78, 5) is 18.6. The average Bonchev–Trinajstić information content (AvgIpc) is 2.53. The van der Waals surface area contributed by atoms with Crippen LogP contribution in [0.5, 0.6) is 0 Å². The molecule has 2 aromatic carbocycles. The van der Waals surface area contributed by atoms with Crippen LogP contribution in [0.15, 0.2) is 58.4 Å². The standard InChI is InChI=1S/C17H18N2OS/c1-13(20)19(2)16-8-6-15(7-9-16)18-12-14-4-10-17(21-3)11-5-14/h4-12H,1-3H3. The zero-order valence-corrected chi connectivity index (χ0v) is 13.2. The van der Waals surface area contributed by atoms with E-state index in [9.17, 15) is 4.79 Å². The van der Waals surface area contributed by atoms with Gasteiger partial charge in [-0.15, -0.1) is 11.8 Å². The first kappa shape index (κ1) is 15.3. The lowest BCUT2D eigenvalue weighted by Gasteiger charge is -2.14. The van der Waals surface area contributed by atoms with Crippen molar-refractivity contribution in [2.45, 2.75) is 11.8 Å². The summed E-state index contributed by atoms with van der Waals surface area (Å²) >= 11 is 1.72. The number of thioether (sulfide) groups is 1. The van der Waals surface area contributed by atoms with Crippen LogP contribution < -0.4 is 4.90 Å². The monoisotopic (exact) mass is 298 g/mol. The molecular weight excluding hydrogens is 280 g/mol. The number of nitrogens with zero attached hydrogens (tertiary/aromatic N) is 2. The second-order valence-corrected chi connectivity index (χ2v) is 5.51. The summed E-state index contributed by atoms with van der Waals surface area (Å²) in [6.07, 6.45) is 3.90. The van der Waals surface area contributed by atoms with Crippen molar-refractivity contribution in [2.24, 2.45) is 4.99 Å². The van der Waals surface area contributed by atoms with Crippen molar-refractivity contribution in [2.75, 3.05) is 18.2 Å². The third-order valence-electron chi connectivity index (χ3n) is 3.19. The zero-order valence-electron chi connectivity index (χ0n) is 12.4. The summed E-state index contributed by atoms with van der Waals surface area (Å²) in [5.41, 5.74) is 2.80. The van der Waals surface area contributed by atoms with Gasteiger partial charge in [-0.25, -0.2) is 0 Å². The van der Waals surface area contributed by atoms with Crippen LogP contribution in [0.3, 0.4) is 0 Å². The highest BCUT2D eigenvalue weighted by Crippen LogP contribution is 2.19. The number of hydrogen-bond acceptors (Lipinski definition) is 3. The van der Waals surface area contributed by atoms with E-state index in [4.69, 9.17) is 0 Å². The van der Waals surface area contributed by atoms with Gasteiger partial charge in [0.15, 0.2) is 0 Å². The van der Waals surface area contributed by atoms with Crippen LogP contribution in [0.2, 0.25) is 0 Å². The quantitative estimate of drug-likeness (QED) is 0.627. The molecule has 21 heavy (non-hydrogen) atoms. The van der Waals surface area contributed by atoms with Crippen LogP contribution in [-0.4, -0.2) is 25.4 Å². The fourth-order valence-electron chi connectivity index (χ4n) is 1.78. The Hall–Kier alpha value is -2.07. The smallest absolute Gasteiger partial charge is 0.223 e. The van der Waals surface area contributed by atoms with Crippen LogP contribution in [0.25, 0.3) is 0 Å². The van der Waals surface area contributed by atoms with Gasteiger partial charge in [0.2, 0.25) is 5.91 Å². The van der Waals surface area contributed by atoms with Crippen LogP contribution in [0.4, 0.5) is 11.4 Å². The second kappa shape index (κ2) is 7.09. The van der Waals surface area contributed by atoms with Crippen LogP contribution in [-0.2, 0) is 4.79 Å². The number of carbonyl (C=O) groups is 1. The largest absolute Gasteiger partial charge is 0.316 e. The molecule has 0 bridgehead atoms. The Morgan fingerprint density at radius 1 is 1.10 bits per heavy atom. The Kier molecular flexibility index (Phi) is 5.17. The van der Waals surface area contributed by atoms with E-state index in [0.717, 1.165) is 16.9 Å². The minimum atomic E-state index is 0.0140. The van der Waals surface area contributed by atoms with Crippen molar-refractivity contribution in [3.63, 3.8) is 0 Å². The molecule has 2 rings (SSSR count). The molecule has 0 radical (unpaired) electrons. The average molecular weight is 298 g/mol. The Bertz CT molecular complexity index is 633. The summed E-state index contributed by atoms with van der Waals surface area (Å²) in [6.45, 7) is 1.55. The summed E-state index contributed by atoms with van der Waals surface area (Å²) in [6, 6.07) is 15.9. The van der Waals surface area contributed by atoms with E-state index < -0.39 is 0 Å². The van der Waals surface area contributed by atoms with Crippen LogP contribution in [0, 0.1) is 0 Å². The molecule has 0 aliphatic rings. The van der Waals surface area contributed by atoms with Crippen molar-refractivity contribution in [1.29, 1.82) is 0 Å². The molecule has 0 N–H and O–H groups in total. The van der Waals surface area contributed by atoms with E-state index in [1.807, 2.05) is 42.6 Å². The van der Waals surface area contributed by atoms with Crippen LogP contribution >= 0.6 is 11.8 Å². The molecule has 0 saturated heterocycles. The number of carbonyl (C=O) groups excluding carboxylic acids is 1. The third-order valence-corrected chi connectivity index (χ3v) is 3.93. The minimum absolute atomic E-state index is 0.0140. The van der Waals surface area contributed by atoms with Gasteiger partial charge in [0.25, 0.3) is 0 Å². The van der Waals surface area contributed by atoms with E-state index >= 15 is 0 Å². The molecule has 0 spiro atoms. The highest BCUT2D eigenvalue weighted by molar-refractivity contribution is 7.98. The van der Waals surface area contributed by atoms with Crippen LogP contribution in [0.1, 0.15) is 12.5 Å². The Morgan fingerprint density at radius 3 is 2.24 bits per heavy atom. The Labute approximate surface area is 129 Å². The Balaban J connectivity index is 2.08. The predicted molar refractivity (Wildman–Crippen MR) is 91.0 cm³/mol. The van der Waals surface area contributed by atoms with Gasteiger partial charge in [0.1, 0.15) is 0 Å². The molecular formula is C17H18N2OS. The normalized spacial score (nSPS) is 10.8. The topological polar surface area (TPSA) is 32.7 Å². The molecule has 0 aromatic heterocycles. The molecule has 0 saturated carbocycles. The van der Waals surface area contributed by atoms with E-state index in [0.29, 0.717) is 0 Å². The van der Waals surface area contributed by atoms with Crippen molar-refractivity contribution < 1.29 is 4.79 Å². The maximum absolute atomic E-state index is 11.3. The summed E-state index contributed by atoms with van der Waals surface area (Å²) in [5.74, 6) is 0.0140. The highest BCUT2D eigenvalue weighted by Gasteiger charge is 2.04. The summed E-state index contributed by atoms with van der Waals surface area (Å²) in [5, 5.41) is 0. The van der Waals surface area contributed by atoms with Gasteiger partial charge in [-0.2, -0.15) is 0 Å². The minimum Gasteiger partial charge on any atom is -0.316 e. The molecule has 3 nitrogen and oxygen atoms in total. The van der Waals surface area contributed by atoms with E-state index in [1.54, 1.807) is 30.6 Å². The maximum Gasteiger partial charge on any atom is 0.223 e. The fourth-order valence-corrected chi connectivity index (χ4v) is 2.19. The molecule has 4 heteroatoms. The van der Waals surface area contributed by atoms with Crippen molar-refractivity contribution in [1.82, 2.24) is 0 Å². The molecule has 0 aliphatic heterocycles. The summed E-state index contributed by atoms with van der Waals surface area (Å²) < 4.78 is 0. The van der Waals surface area contributed by atoms with Gasteiger partial charge < -0.3 is 4.90 Å². The first-order chi connectivity index (χ1) is 10.1. The van der Waals surface area contributed by atoms with Gasteiger partial charge in [-0.1, -0.05) is 12.1 Å². The van der Waals surface area contributed by atoms with E-state index in [1.165, 1.54) is 4.90 Å². The predicted octanol–water partition coefficient (Wildman–Crippen LogP) is 4.14.